The molecule has 0 aliphatic carbocycles. The molecule has 0 saturated heterocycles. The molecule has 8 heteroatoms. The molecule has 2 aromatic carbocycles. The van der Waals surface area contributed by atoms with Gasteiger partial charge in [-0.15, -0.1) is 11.3 Å². The summed E-state index contributed by atoms with van der Waals surface area (Å²) in [6.45, 7) is 0.655. The maximum atomic E-state index is 12.7. The second-order valence-electron chi connectivity index (χ2n) is 6.34. The van der Waals surface area contributed by atoms with Crippen molar-refractivity contribution in [1.29, 1.82) is 0 Å². The van der Waals surface area contributed by atoms with Crippen molar-refractivity contribution in [3.05, 3.63) is 64.8 Å². The summed E-state index contributed by atoms with van der Waals surface area (Å²) in [5.74, 6) is -0.925. The van der Waals surface area contributed by atoms with Crippen molar-refractivity contribution < 1.29 is 28.9 Å². The summed E-state index contributed by atoms with van der Waals surface area (Å²) in [5.41, 5.74) is -0.0945. The SMILES string of the molecule is CC=CC(=O)OCC(O)COC(=O)COc1ccc2sc3ccccc3c(=O)c2c1. The Labute approximate surface area is 176 Å². The second-order valence-corrected chi connectivity index (χ2v) is 7.42. The largest absolute Gasteiger partial charge is 0.482 e. The van der Waals surface area contributed by atoms with Crippen LogP contribution in [0.5, 0.6) is 5.75 Å². The molecule has 0 bridgehead atoms. The molecule has 0 amide bonds. The van der Waals surface area contributed by atoms with E-state index in [1.54, 1.807) is 31.2 Å². The lowest BCUT2D eigenvalue weighted by Gasteiger charge is -2.12. The Morgan fingerprint density at radius 1 is 1.07 bits per heavy atom. The van der Waals surface area contributed by atoms with E-state index in [9.17, 15) is 19.5 Å². The van der Waals surface area contributed by atoms with Crippen LogP contribution in [-0.4, -0.2) is 43.0 Å². The standard InChI is InChI=1S/C22H20O7S/c1-2-5-20(24)28-11-14(23)12-29-21(25)13-27-15-8-9-19-17(10-15)22(26)16-6-3-4-7-18(16)30-19/h2-10,14,23H,11-13H2,1H3. The third kappa shape index (κ3) is 5.43. The number of hydrogen-bond acceptors (Lipinski definition) is 8. The quantitative estimate of drug-likeness (QED) is 0.335. The molecule has 1 aromatic heterocycles. The Morgan fingerprint density at radius 2 is 1.80 bits per heavy atom. The molecule has 1 atom stereocenters. The lowest BCUT2D eigenvalue weighted by atomic mass is 10.2. The van der Waals surface area contributed by atoms with Gasteiger partial charge in [0.1, 0.15) is 25.1 Å². The van der Waals surface area contributed by atoms with Crippen molar-refractivity contribution in [3.8, 4) is 5.75 Å². The zero-order valence-electron chi connectivity index (χ0n) is 16.2. The number of hydrogen-bond donors (Lipinski definition) is 1. The van der Waals surface area contributed by atoms with Crippen LogP contribution in [0.15, 0.2) is 59.4 Å². The highest BCUT2D eigenvalue weighted by Gasteiger charge is 2.12. The van der Waals surface area contributed by atoms with Gasteiger partial charge >= 0.3 is 11.9 Å². The molecule has 3 aromatic rings. The van der Waals surface area contributed by atoms with Crippen molar-refractivity contribution in [2.24, 2.45) is 0 Å². The van der Waals surface area contributed by atoms with Crippen LogP contribution in [0.3, 0.4) is 0 Å². The maximum absolute atomic E-state index is 12.7. The fourth-order valence-corrected chi connectivity index (χ4v) is 3.71. The molecule has 0 aliphatic rings. The summed E-state index contributed by atoms with van der Waals surface area (Å²) < 4.78 is 16.8. The lowest BCUT2D eigenvalue weighted by molar-refractivity contribution is -0.151. The van der Waals surface area contributed by atoms with Crippen molar-refractivity contribution >= 4 is 43.4 Å². The van der Waals surface area contributed by atoms with Crippen LogP contribution in [-0.2, 0) is 19.1 Å². The summed E-state index contributed by atoms with van der Waals surface area (Å²) >= 11 is 1.50. The van der Waals surface area contributed by atoms with Crippen molar-refractivity contribution in [2.45, 2.75) is 13.0 Å². The molecule has 1 heterocycles. The Bertz CT molecular complexity index is 1150. The van der Waals surface area contributed by atoms with E-state index < -0.39 is 18.0 Å². The number of ether oxygens (including phenoxy) is 3. The van der Waals surface area contributed by atoms with Crippen LogP contribution in [0.2, 0.25) is 0 Å². The van der Waals surface area contributed by atoms with E-state index in [0.29, 0.717) is 16.5 Å². The van der Waals surface area contributed by atoms with E-state index in [1.165, 1.54) is 23.5 Å². The predicted octanol–water partition coefficient (Wildman–Crippen LogP) is 2.82. The van der Waals surface area contributed by atoms with Gasteiger partial charge in [-0.3, -0.25) is 4.79 Å². The van der Waals surface area contributed by atoms with Crippen LogP contribution < -0.4 is 10.2 Å². The van der Waals surface area contributed by atoms with Gasteiger partial charge in [0.25, 0.3) is 0 Å². The molecule has 30 heavy (non-hydrogen) atoms. The Morgan fingerprint density at radius 3 is 2.60 bits per heavy atom. The average Bonchev–Trinajstić information content (AvgIpc) is 2.75. The first-order valence-electron chi connectivity index (χ1n) is 9.19. The van der Waals surface area contributed by atoms with Gasteiger partial charge in [-0.2, -0.15) is 0 Å². The monoisotopic (exact) mass is 428 g/mol. The first-order chi connectivity index (χ1) is 14.5. The minimum Gasteiger partial charge on any atom is -0.482 e. The minimum absolute atomic E-state index is 0.0945. The molecule has 0 spiro atoms. The second kappa shape index (κ2) is 10.00. The third-order valence-electron chi connectivity index (χ3n) is 4.06. The van der Waals surface area contributed by atoms with E-state index in [0.717, 1.165) is 9.40 Å². The zero-order chi connectivity index (χ0) is 21.5. The van der Waals surface area contributed by atoms with Gasteiger partial charge in [0.05, 0.1) is 0 Å². The van der Waals surface area contributed by atoms with E-state index in [1.807, 2.05) is 18.2 Å². The molecule has 0 fully saturated rings. The summed E-state index contributed by atoms with van der Waals surface area (Å²) in [5, 5.41) is 10.8. The molecule has 156 valence electrons. The molecule has 3 rings (SSSR count). The van der Waals surface area contributed by atoms with E-state index in [-0.39, 0.29) is 25.2 Å². The molecule has 0 aliphatic heterocycles. The average molecular weight is 428 g/mol. The highest BCUT2D eigenvalue weighted by Crippen LogP contribution is 2.27. The van der Waals surface area contributed by atoms with Crippen LogP contribution >= 0.6 is 11.3 Å². The molecular formula is C22H20O7S. The first kappa shape index (κ1) is 21.5. The molecule has 0 radical (unpaired) electrons. The molecule has 0 saturated carbocycles. The number of benzene rings is 2. The Kier molecular flexibility index (Phi) is 7.16. The van der Waals surface area contributed by atoms with Gasteiger partial charge in [-0.05, 0) is 37.3 Å². The van der Waals surface area contributed by atoms with Crippen LogP contribution in [0, 0.1) is 0 Å². The third-order valence-corrected chi connectivity index (χ3v) is 5.21. The topological polar surface area (TPSA) is 99.1 Å². The van der Waals surface area contributed by atoms with Crippen molar-refractivity contribution in [3.63, 3.8) is 0 Å². The first-order valence-corrected chi connectivity index (χ1v) is 10.0. The Balaban J connectivity index is 1.56. The van der Waals surface area contributed by atoms with Gasteiger partial charge in [-0.25, -0.2) is 9.59 Å². The summed E-state index contributed by atoms with van der Waals surface area (Å²) in [6, 6.07) is 12.4. The van der Waals surface area contributed by atoms with Crippen LogP contribution in [0.4, 0.5) is 0 Å². The number of rotatable bonds is 8. The number of esters is 2. The maximum Gasteiger partial charge on any atom is 0.344 e. The number of carbonyl (C=O) groups is 2. The predicted molar refractivity (Wildman–Crippen MR) is 114 cm³/mol. The molecule has 1 unspecified atom stereocenters. The van der Waals surface area contributed by atoms with Crippen LogP contribution in [0.25, 0.3) is 20.2 Å². The number of carbonyl (C=O) groups excluding carboxylic acids is 2. The molecular weight excluding hydrogens is 408 g/mol. The van der Waals surface area contributed by atoms with Gasteiger partial charge in [0.15, 0.2) is 12.0 Å². The molecule has 7 nitrogen and oxygen atoms in total. The van der Waals surface area contributed by atoms with Gasteiger partial charge in [0, 0.05) is 26.2 Å². The summed E-state index contributed by atoms with van der Waals surface area (Å²) in [7, 11) is 0. The number of aliphatic hydroxyl groups is 1. The summed E-state index contributed by atoms with van der Waals surface area (Å²) in [4.78, 5) is 35.7. The van der Waals surface area contributed by atoms with Gasteiger partial charge in [0.2, 0.25) is 0 Å². The molecule has 1 N–H and O–H groups in total. The van der Waals surface area contributed by atoms with Gasteiger partial charge in [-0.1, -0.05) is 18.2 Å². The van der Waals surface area contributed by atoms with Crippen LogP contribution in [0.1, 0.15) is 6.92 Å². The van der Waals surface area contributed by atoms with E-state index >= 15 is 0 Å². The fraction of sp³-hybridized carbons (Fsp3) is 0.227. The number of allylic oxidation sites excluding steroid dienone is 1. The number of aliphatic hydroxyl groups excluding tert-OH is 1. The lowest BCUT2D eigenvalue weighted by Crippen LogP contribution is -2.26. The summed E-state index contributed by atoms with van der Waals surface area (Å²) in [6.07, 6.45) is 1.59. The normalized spacial score (nSPS) is 12.2. The van der Waals surface area contributed by atoms with E-state index in [2.05, 4.69) is 0 Å². The highest BCUT2D eigenvalue weighted by atomic mass is 32.1. The Hall–Kier alpha value is -3.23. The van der Waals surface area contributed by atoms with Gasteiger partial charge < -0.3 is 19.3 Å². The minimum atomic E-state index is -1.14. The van der Waals surface area contributed by atoms with E-state index in [4.69, 9.17) is 14.2 Å². The highest BCUT2D eigenvalue weighted by molar-refractivity contribution is 7.24. The van der Waals surface area contributed by atoms with Crippen molar-refractivity contribution in [2.75, 3.05) is 19.8 Å². The number of fused-ring (bicyclic) bond motifs is 2. The zero-order valence-corrected chi connectivity index (χ0v) is 17.0. The smallest absolute Gasteiger partial charge is 0.344 e. The van der Waals surface area contributed by atoms with Crippen molar-refractivity contribution in [1.82, 2.24) is 0 Å². The fourth-order valence-electron chi connectivity index (χ4n) is 2.66.